The summed E-state index contributed by atoms with van der Waals surface area (Å²) in [5, 5.41) is 9.88. The second kappa shape index (κ2) is 4.62. The fourth-order valence-corrected chi connectivity index (χ4v) is 1.09. The number of carbonyl (C=O) groups excluding carboxylic acids is 1. The molecule has 0 bridgehead atoms. The Morgan fingerprint density at radius 3 is 2.86 bits per heavy atom. The fraction of sp³-hybridized carbons (Fsp3) is 0.300. The smallest absolute Gasteiger partial charge is 0.220 e. The lowest BCUT2D eigenvalue weighted by atomic mass is 10.1. The van der Waals surface area contributed by atoms with Crippen LogP contribution in [0.25, 0.3) is 0 Å². The first kappa shape index (κ1) is 10.5. The first-order chi connectivity index (χ1) is 6.63. The average Bonchev–Trinajstić information content (AvgIpc) is 2.10. The SMILES string of the molecule is CCOC1=C/C(=C/N(C)O)C=CC1=O. The van der Waals surface area contributed by atoms with Gasteiger partial charge in [0.15, 0.2) is 5.76 Å². The highest BCUT2D eigenvalue weighted by molar-refractivity contribution is 6.04. The van der Waals surface area contributed by atoms with Gasteiger partial charge in [-0.2, -0.15) is 0 Å². The van der Waals surface area contributed by atoms with E-state index in [-0.39, 0.29) is 5.78 Å². The number of hydrogen-bond donors (Lipinski definition) is 1. The second-order valence-electron chi connectivity index (χ2n) is 2.84. The second-order valence-corrected chi connectivity index (χ2v) is 2.84. The van der Waals surface area contributed by atoms with E-state index in [0.29, 0.717) is 12.4 Å². The lowest BCUT2D eigenvalue weighted by Crippen LogP contribution is -2.09. The number of allylic oxidation sites excluding steroid dienone is 4. The normalized spacial score (nSPS) is 18.4. The topological polar surface area (TPSA) is 49.8 Å². The Bertz CT molecular complexity index is 313. The van der Waals surface area contributed by atoms with Crippen LogP contribution < -0.4 is 0 Å². The van der Waals surface area contributed by atoms with Gasteiger partial charge in [0.2, 0.25) is 5.78 Å². The summed E-state index contributed by atoms with van der Waals surface area (Å²) in [5.41, 5.74) is 0.720. The van der Waals surface area contributed by atoms with Crippen LogP contribution in [0, 0.1) is 0 Å². The first-order valence-electron chi connectivity index (χ1n) is 4.34. The minimum Gasteiger partial charge on any atom is -0.490 e. The Morgan fingerprint density at radius 1 is 1.57 bits per heavy atom. The van der Waals surface area contributed by atoms with Crippen molar-refractivity contribution in [1.29, 1.82) is 0 Å². The van der Waals surface area contributed by atoms with Crippen LogP contribution in [-0.2, 0) is 9.53 Å². The van der Waals surface area contributed by atoms with Crippen LogP contribution in [0.1, 0.15) is 6.92 Å². The summed E-state index contributed by atoms with van der Waals surface area (Å²) in [4.78, 5) is 11.2. The maximum absolute atomic E-state index is 11.2. The van der Waals surface area contributed by atoms with Crippen LogP contribution in [0.4, 0.5) is 0 Å². The molecule has 0 heterocycles. The molecule has 0 saturated heterocycles. The highest BCUT2D eigenvalue weighted by Crippen LogP contribution is 2.14. The highest BCUT2D eigenvalue weighted by Gasteiger charge is 2.11. The highest BCUT2D eigenvalue weighted by atomic mass is 16.5. The van der Waals surface area contributed by atoms with Gasteiger partial charge in [0, 0.05) is 13.2 Å². The van der Waals surface area contributed by atoms with Crippen molar-refractivity contribution in [2.24, 2.45) is 0 Å². The van der Waals surface area contributed by atoms with Gasteiger partial charge in [-0.1, -0.05) is 0 Å². The van der Waals surface area contributed by atoms with Crippen molar-refractivity contribution >= 4 is 5.78 Å². The standard InChI is InChI=1S/C10H13NO3/c1-3-14-10-6-8(7-11(2)13)4-5-9(10)12/h4-7,13H,3H2,1-2H3/b8-7+. The van der Waals surface area contributed by atoms with E-state index < -0.39 is 0 Å². The van der Waals surface area contributed by atoms with Crippen molar-refractivity contribution in [2.75, 3.05) is 13.7 Å². The van der Waals surface area contributed by atoms with Crippen molar-refractivity contribution in [1.82, 2.24) is 5.06 Å². The molecule has 0 unspecified atom stereocenters. The quantitative estimate of drug-likeness (QED) is 0.688. The summed E-state index contributed by atoms with van der Waals surface area (Å²) in [6.45, 7) is 2.27. The predicted octanol–water partition coefficient (Wildman–Crippen LogP) is 1.25. The van der Waals surface area contributed by atoms with Crippen LogP contribution in [-0.4, -0.2) is 29.7 Å². The average molecular weight is 195 g/mol. The molecule has 4 nitrogen and oxygen atoms in total. The number of carbonyl (C=O) groups is 1. The van der Waals surface area contributed by atoms with Gasteiger partial charge in [-0.25, -0.2) is 0 Å². The number of rotatable bonds is 3. The van der Waals surface area contributed by atoms with Gasteiger partial charge in [0.05, 0.1) is 6.61 Å². The van der Waals surface area contributed by atoms with Crippen LogP contribution in [0.2, 0.25) is 0 Å². The van der Waals surface area contributed by atoms with Crippen LogP contribution in [0.3, 0.4) is 0 Å². The molecule has 0 aromatic carbocycles. The van der Waals surface area contributed by atoms with Gasteiger partial charge in [0.1, 0.15) is 0 Å². The largest absolute Gasteiger partial charge is 0.490 e. The van der Waals surface area contributed by atoms with E-state index in [1.165, 1.54) is 19.3 Å². The minimum atomic E-state index is -0.149. The van der Waals surface area contributed by atoms with Crippen molar-refractivity contribution in [3.05, 3.63) is 35.8 Å². The van der Waals surface area contributed by atoms with E-state index in [4.69, 9.17) is 9.94 Å². The summed E-state index contributed by atoms with van der Waals surface area (Å²) in [6.07, 6.45) is 6.12. The van der Waals surface area contributed by atoms with Crippen molar-refractivity contribution in [3.8, 4) is 0 Å². The van der Waals surface area contributed by atoms with Crippen molar-refractivity contribution < 1.29 is 14.7 Å². The van der Waals surface area contributed by atoms with Gasteiger partial charge in [-0.05, 0) is 30.7 Å². The molecule has 4 heteroatoms. The van der Waals surface area contributed by atoms with E-state index in [1.54, 1.807) is 12.2 Å². The Hall–Kier alpha value is -1.55. The first-order valence-corrected chi connectivity index (χ1v) is 4.34. The maximum atomic E-state index is 11.2. The molecule has 0 aliphatic heterocycles. The van der Waals surface area contributed by atoms with Gasteiger partial charge in [-0.15, -0.1) is 0 Å². The van der Waals surface area contributed by atoms with Crippen LogP contribution in [0.5, 0.6) is 0 Å². The Morgan fingerprint density at radius 2 is 2.29 bits per heavy atom. The lowest BCUT2D eigenvalue weighted by Gasteiger charge is -2.11. The van der Waals surface area contributed by atoms with Gasteiger partial charge in [0.25, 0.3) is 0 Å². The molecule has 1 aliphatic carbocycles. The summed E-state index contributed by atoms with van der Waals surface area (Å²) in [7, 11) is 1.49. The van der Waals surface area contributed by atoms with Crippen LogP contribution in [0.15, 0.2) is 35.8 Å². The van der Waals surface area contributed by atoms with E-state index in [2.05, 4.69) is 0 Å². The molecule has 14 heavy (non-hydrogen) atoms. The van der Waals surface area contributed by atoms with Gasteiger partial charge in [-0.3, -0.25) is 15.1 Å². The molecule has 1 aliphatic rings. The Kier molecular flexibility index (Phi) is 3.48. The Balaban J connectivity index is 2.84. The van der Waals surface area contributed by atoms with E-state index in [0.717, 1.165) is 10.6 Å². The molecular formula is C10H13NO3. The summed E-state index contributed by atoms with van der Waals surface area (Å²) in [6, 6.07) is 0. The molecule has 1 rings (SSSR count). The molecular weight excluding hydrogens is 182 g/mol. The number of ketones is 1. The summed E-state index contributed by atoms with van der Waals surface area (Å²) >= 11 is 0. The number of ether oxygens (including phenoxy) is 1. The number of nitrogens with zero attached hydrogens (tertiary/aromatic N) is 1. The number of hydroxylamine groups is 2. The van der Waals surface area contributed by atoms with Crippen molar-refractivity contribution in [2.45, 2.75) is 6.92 Å². The molecule has 0 saturated carbocycles. The van der Waals surface area contributed by atoms with Gasteiger partial charge >= 0.3 is 0 Å². The third-order valence-corrected chi connectivity index (χ3v) is 1.60. The third kappa shape index (κ3) is 2.74. The summed E-state index contributed by atoms with van der Waals surface area (Å²) < 4.78 is 5.13. The van der Waals surface area contributed by atoms with Crippen LogP contribution >= 0.6 is 0 Å². The van der Waals surface area contributed by atoms with Crippen molar-refractivity contribution in [3.63, 3.8) is 0 Å². The van der Waals surface area contributed by atoms with E-state index >= 15 is 0 Å². The molecule has 76 valence electrons. The lowest BCUT2D eigenvalue weighted by molar-refractivity contribution is -0.114. The molecule has 0 aromatic rings. The molecule has 0 aromatic heterocycles. The maximum Gasteiger partial charge on any atom is 0.220 e. The molecule has 0 amide bonds. The van der Waals surface area contributed by atoms with E-state index in [1.807, 2.05) is 6.92 Å². The molecule has 0 radical (unpaired) electrons. The predicted molar refractivity (Wildman–Crippen MR) is 51.5 cm³/mol. The molecule has 0 atom stereocenters. The molecule has 0 fully saturated rings. The van der Waals surface area contributed by atoms with E-state index in [9.17, 15) is 4.79 Å². The van der Waals surface area contributed by atoms with Gasteiger partial charge < -0.3 is 4.74 Å². The molecule has 0 spiro atoms. The zero-order valence-electron chi connectivity index (χ0n) is 8.23. The fourth-order valence-electron chi connectivity index (χ4n) is 1.09. The summed E-state index contributed by atoms with van der Waals surface area (Å²) in [5.74, 6) is 0.160. The number of hydrogen-bond acceptors (Lipinski definition) is 4. The zero-order valence-corrected chi connectivity index (χ0v) is 8.23. The monoisotopic (exact) mass is 195 g/mol. The minimum absolute atomic E-state index is 0.149. The molecule has 1 N–H and O–H groups in total. The zero-order chi connectivity index (χ0) is 10.6. The Labute approximate surface area is 82.7 Å². The third-order valence-electron chi connectivity index (χ3n) is 1.60.